The van der Waals surface area contributed by atoms with Gasteiger partial charge in [0.05, 0.1) is 12.0 Å². The van der Waals surface area contributed by atoms with Gasteiger partial charge >= 0.3 is 0 Å². The lowest BCUT2D eigenvalue weighted by Gasteiger charge is -2.01. The number of hydrogen-bond donors (Lipinski definition) is 1. The molecule has 0 aromatic heterocycles. The van der Waals surface area contributed by atoms with Crippen LogP contribution >= 0.6 is 0 Å². The van der Waals surface area contributed by atoms with Crippen LogP contribution < -0.4 is 5.32 Å². The van der Waals surface area contributed by atoms with Gasteiger partial charge in [0.2, 0.25) is 5.91 Å². The Labute approximate surface area is 60.3 Å². The van der Waals surface area contributed by atoms with Crippen LogP contribution in [0.15, 0.2) is 12.7 Å². The van der Waals surface area contributed by atoms with E-state index < -0.39 is 0 Å². The molecule has 0 saturated heterocycles. The Bertz CT molecular complexity index is 169. The summed E-state index contributed by atoms with van der Waals surface area (Å²) >= 11 is 0. The number of amides is 1. The molecule has 3 heteroatoms. The van der Waals surface area contributed by atoms with Gasteiger partial charge < -0.3 is 5.32 Å². The molecule has 0 spiro atoms. The lowest BCUT2D eigenvalue weighted by atomic mass is 10.2. The van der Waals surface area contributed by atoms with Gasteiger partial charge in [0.1, 0.15) is 0 Å². The summed E-state index contributed by atoms with van der Waals surface area (Å²) in [4.78, 5) is 10.5. The number of nitriles is 1. The monoisotopic (exact) mass is 138 g/mol. The van der Waals surface area contributed by atoms with Gasteiger partial charge in [0, 0.05) is 6.54 Å². The standard InChI is InChI=1S/C7H10N2O/c1-3-7(10)9-5-6(2)4-8/h3,6H,1,5H2,2H3,(H,9,10). The summed E-state index contributed by atoms with van der Waals surface area (Å²) in [7, 11) is 0. The van der Waals surface area contributed by atoms with Crippen LogP contribution in [0.25, 0.3) is 0 Å². The van der Waals surface area contributed by atoms with E-state index in [9.17, 15) is 4.79 Å². The van der Waals surface area contributed by atoms with E-state index in [1.165, 1.54) is 6.08 Å². The molecule has 0 bridgehead atoms. The highest BCUT2D eigenvalue weighted by Gasteiger charge is 1.99. The summed E-state index contributed by atoms with van der Waals surface area (Å²) in [5, 5.41) is 10.8. The van der Waals surface area contributed by atoms with Gasteiger partial charge in [0.15, 0.2) is 0 Å². The third-order valence-electron chi connectivity index (χ3n) is 0.988. The van der Waals surface area contributed by atoms with E-state index in [0.29, 0.717) is 6.54 Å². The Morgan fingerprint density at radius 2 is 2.60 bits per heavy atom. The van der Waals surface area contributed by atoms with Gasteiger partial charge in [-0.3, -0.25) is 4.79 Å². The van der Waals surface area contributed by atoms with Crippen LogP contribution in [-0.2, 0) is 4.79 Å². The summed E-state index contributed by atoms with van der Waals surface area (Å²) in [6.07, 6.45) is 1.18. The molecule has 0 aliphatic carbocycles. The highest BCUT2D eigenvalue weighted by atomic mass is 16.1. The van der Waals surface area contributed by atoms with Crippen LogP contribution in [0.5, 0.6) is 0 Å². The van der Waals surface area contributed by atoms with Crippen LogP contribution in [0.4, 0.5) is 0 Å². The van der Waals surface area contributed by atoms with E-state index in [1.807, 2.05) is 6.07 Å². The van der Waals surface area contributed by atoms with E-state index in [1.54, 1.807) is 6.92 Å². The van der Waals surface area contributed by atoms with Crippen molar-refractivity contribution in [3.63, 3.8) is 0 Å². The maximum atomic E-state index is 10.5. The average Bonchev–Trinajstić information content (AvgIpc) is 1.99. The topological polar surface area (TPSA) is 52.9 Å². The van der Waals surface area contributed by atoms with Gasteiger partial charge in [-0.2, -0.15) is 5.26 Å². The minimum Gasteiger partial charge on any atom is -0.351 e. The van der Waals surface area contributed by atoms with Gasteiger partial charge in [-0.05, 0) is 13.0 Å². The first-order valence-corrected chi connectivity index (χ1v) is 3.00. The van der Waals surface area contributed by atoms with Crippen molar-refractivity contribution in [2.45, 2.75) is 6.92 Å². The highest BCUT2D eigenvalue weighted by Crippen LogP contribution is 1.86. The Balaban J connectivity index is 3.47. The minimum absolute atomic E-state index is 0.135. The van der Waals surface area contributed by atoms with Crippen molar-refractivity contribution in [1.82, 2.24) is 5.32 Å². The van der Waals surface area contributed by atoms with Crippen molar-refractivity contribution in [3.05, 3.63) is 12.7 Å². The molecule has 0 aromatic carbocycles. The molecule has 1 amide bonds. The molecule has 0 rings (SSSR count). The Morgan fingerprint density at radius 3 is 3.00 bits per heavy atom. The van der Waals surface area contributed by atoms with Crippen LogP contribution in [0, 0.1) is 17.2 Å². The first-order valence-electron chi connectivity index (χ1n) is 3.00. The predicted octanol–water partition coefficient (Wildman–Crippen LogP) is 0.448. The zero-order valence-corrected chi connectivity index (χ0v) is 5.92. The summed E-state index contributed by atoms with van der Waals surface area (Å²) in [5.41, 5.74) is 0. The van der Waals surface area contributed by atoms with E-state index in [-0.39, 0.29) is 11.8 Å². The zero-order chi connectivity index (χ0) is 7.98. The van der Waals surface area contributed by atoms with Gasteiger partial charge in [-0.15, -0.1) is 0 Å². The number of rotatable bonds is 3. The number of carbonyl (C=O) groups is 1. The van der Waals surface area contributed by atoms with E-state index in [4.69, 9.17) is 5.26 Å². The molecule has 0 saturated carbocycles. The predicted molar refractivity (Wildman–Crippen MR) is 38.0 cm³/mol. The molecule has 1 unspecified atom stereocenters. The second kappa shape index (κ2) is 4.57. The number of hydrogen-bond acceptors (Lipinski definition) is 2. The molecule has 54 valence electrons. The summed E-state index contributed by atoms with van der Waals surface area (Å²) < 4.78 is 0. The quantitative estimate of drug-likeness (QED) is 0.575. The fourth-order valence-electron chi connectivity index (χ4n) is 0.371. The molecule has 1 atom stereocenters. The van der Waals surface area contributed by atoms with Crippen LogP contribution in [-0.4, -0.2) is 12.5 Å². The Hall–Kier alpha value is -1.30. The summed E-state index contributed by atoms with van der Waals surface area (Å²) in [6.45, 7) is 5.40. The van der Waals surface area contributed by atoms with Crippen molar-refractivity contribution < 1.29 is 4.79 Å². The third kappa shape index (κ3) is 3.67. The molecule has 0 aliphatic heterocycles. The molecule has 1 N–H and O–H groups in total. The van der Waals surface area contributed by atoms with E-state index in [2.05, 4.69) is 11.9 Å². The molecular formula is C7H10N2O. The first-order chi connectivity index (χ1) is 4.70. The normalized spacial score (nSPS) is 11.2. The number of nitrogens with one attached hydrogen (secondary N) is 1. The first kappa shape index (κ1) is 8.70. The van der Waals surface area contributed by atoms with Crippen LogP contribution in [0.3, 0.4) is 0 Å². The molecule has 0 radical (unpaired) electrons. The largest absolute Gasteiger partial charge is 0.351 e. The molecule has 3 nitrogen and oxygen atoms in total. The molecular weight excluding hydrogens is 128 g/mol. The second-order valence-electron chi connectivity index (χ2n) is 1.98. The van der Waals surface area contributed by atoms with Gasteiger partial charge in [-0.1, -0.05) is 6.58 Å². The van der Waals surface area contributed by atoms with Gasteiger partial charge in [0.25, 0.3) is 0 Å². The van der Waals surface area contributed by atoms with E-state index >= 15 is 0 Å². The van der Waals surface area contributed by atoms with Crippen LogP contribution in [0.2, 0.25) is 0 Å². The number of carbonyl (C=O) groups excluding carboxylic acids is 1. The Morgan fingerprint density at radius 1 is 2.00 bits per heavy atom. The summed E-state index contributed by atoms with van der Waals surface area (Å²) in [6, 6.07) is 2.00. The fourth-order valence-corrected chi connectivity index (χ4v) is 0.371. The lowest BCUT2D eigenvalue weighted by molar-refractivity contribution is -0.116. The second-order valence-corrected chi connectivity index (χ2v) is 1.98. The molecule has 0 heterocycles. The number of nitrogens with zero attached hydrogens (tertiary/aromatic N) is 1. The zero-order valence-electron chi connectivity index (χ0n) is 5.92. The highest BCUT2D eigenvalue weighted by molar-refractivity contribution is 5.86. The summed E-state index contributed by atoms with van der Waals surface area (Å²) in [5.74, 6) is -0.369. The molecule has 0 fully saturated rings. The maximum absolute atomic E-state index is 10.5. The smallest absolute Gasteiger partial charge is 0.243 e. The van der Waals surface area contributed by atoms with Crippen molar-refractivity contribution in [1.29, 1.82) is 5.26 Å². The lowest BCUT2D eigenvalue weighted by Crippen LogP contribution is -2.25. The van der Waals surface area contributed by atoms with Crippen molar-refractivity contribution in [3.8, 4) is 6.07 Å². The Kier molecular flexibility index (Phi) is 3.97. The minimum atomic E-state index is -0.234. The van der Waals surface area contributed by atoms with Crippen molar-refractivity contribution in [2.24, 2.45) is 5.92 Å². The maximum Gasteiger partial charge on any atom is 0.243 e. The third-order valence-corrected chi connectivity index (χ3v) is 0.988. The van der Waals surface area contributed by atoms with Gasteiger partial charge in [-0.25, -0.2) is 0 Å². The SMILES string of the molecule is C=CC(=O)NCC(C)C#N. The average molecular weight is 138 g/mol. The van der Waals surface area contributed by atoms with Crippen molar-refractivity contribution in [2.75, 3.05) is 6.54 Å². The van der Waals surface area contributed by atoms with Crippen LogP contribution in [0.1, 0.15) is 6.92 Å². The molecule has 10 heavy (non-hydrogen) atoms. The van der Waals surface area contributed by atoms with E-state index in [0.717, 1.165) is 0 Å². The molecule has 0 aromatic rings. The molecule has 0 aliphatic rings. The fraction of sp³-hybridized carbons (Fsp3) is 0.429. The van der Waals surface area contributed by atoms with Crippen molar-refractivity contribution >= 4 is 5.91 Å².